The minimum Gasteiger partial charge on any atom is -0.314 e. The Bertz CT molecular complexity index is 202. The second kappa shape index (κ2) is 8.96. The molecule has 1 heteroatoms. The Labute approximate surface area is 115 Å². The van der Waals surface area contributed by atoms with E-state index in [1.54, 1.807) is 0 Å². The highest BCUT2D eigenvalue weighted by molar-refractivity contribution is 4.85. The molecular formula is C17H35N. The Morgan fingerprint density at radius 2 is 1.89 bits per heavy atom. The summed E-state index contributed by atoms with van der Waals surface area (Å²) in [5.41, 5.74) is 0. The molecule has 0 aromatic heterocycles. The first-order valence-corrected chi connectivity index (χ1v) is 8.44. The standard InChI is InChI=1S/C17H35N/c1-5-8-14(4)12-16-13-15(7-3)9-10-17(16)18-11-6-2/h14-18H,5-13H2,1-4H3. The molecule has 0 aromatic carbocycles. The molecule has 0 spiro atoms. The van der Waals surface area contributed by atoms with E-state index < -0.39 is 0 Å². The summed E-state index contributed by atoms with van der Waals surface area (Å²) in [6.45, 7) is 10.6. The van der Waals surface area contributed by atoms with Gasteiger partial charge in [0.05, 0.1) is 0 Å². The lowest BCUT2D eigenvalue weighted by molar-refractivity contribution is 0.170. The van der Waals surface area contributed by atoms with Crippen molar-refractivity contribution in [1.29, 1.82) is 0 Å². The minimum atomic E-state index is 0.812. The topological polar surface area (TPSA) is 12.0 Å². The van der Waals surface area contributed by atoms with Gasteiger partial charge in [-0.3, -0.25) is 0 Å². The summed E-state index contributed by atoms with van der Waals surface area (Å²) < 4.78 is 0. The van der Waals surface area contributed by atoms with E-state index in [1.165, 1.54) is 57.9 Å². The number of hydrogen-bond acceptors (Lipinski definition) is 1. The van der Waals surface area contributed by atoms with Gasteiger partial charge in [-0.15, -0.1) is 0 Å². The molecule has 0 bridgehead atoms. The predicted octanol–water partition coefficient (Wildman–Crippen LogP) is 5.01. The first-order chi connectivity index (χ1) is 8.71. The van der Waals surface area contributed by atoms with Crippen LogP contribution in [0.2, 0.25) is 0 Å². The van der Waals surface area contributed by atoms with Crippen molar-refractivity contribution < 1.29 is 0 Å². The van der Waals surface area contributed by atoms with Gasteiger partial charge in [0, 0.05) is 6.04 Å². The van der Waals surface area contributed by atoms with Crippen molar-refractivity contribution >= 4 is 0 Å². The molecule has 18 heavy (non-hydrogen) atoms. The van der Waals surface area contributed by atoms with Crippen LogP contribution >= 0.6 is 0 Å². The molecule has 0 aromatic rings. The fourth-order valence-corrected chi connectivity index (χ4v) is 3.72. The van der Waals surface area contributed by atoms with Crippen molar-refractivity contribution in [2.24, 2.45) is 17.8 Å². The van der Waals surface area contributed by atoms with Crippen LogP contribution in [0.3, 0.4) is 0 Å². The summed E-state index contributed by atoms with van der Waals surface area (Å²) in [5, 5.41) is 3.81. The molecule has 0 aliphatic heterocycles. The van der Waals surface area contributed by atoms with E-state index in [1.807, 2.05) is 0 Å². The monoisotopic (exact) mass is 253 g/mol. The molecule has 1 rings (SSSR count). The third-order valence-electron chi connectivity index (χ3n) is 4.81. The van der Waals surface area contributed by atoms with Gasteiger partial charge in [-0.05, 0) is 56.4 Å². The van der Waals surface area contributed by atoms with Gasteiger partial charge in [0.15, 0.2) is 0 Å². The Balaban J connectivity index is 2.47. The summed E-state index contributed by atoms with van der Waals surface area (Å²) in [7, 11) is 0. The molecule has 1 N–H and O–H groups in total. The van der Waals surface area contributed by atoms with Crippen molar-refractivity contribution in [3.63, 3.8) is 0 Å². The summed E-state index contributed by atoms with van der Waals surface area (Å²) >= 11 is 0. The summed E-state index contributed by atoms with van der Waals surface area (Å²) in [5.74, 6) is 2.86. The second-order valence-electron chi connectivity index (χ2n) is 6.54. The van der Waals surface area contributed by atoms with Crippen LogP contribution < -0.4 is 5.32 Å². The zero-order chi connectivity index (χ0) is 13.4. The van der Waals surface area contributed by atoms with Crippen LogP contribution in [0.1, 0.15) is 79.1 Å². The number of nitrogens with one attached hydrogen (secondary N) is 1. The predicted molar refractivity (Wildman–Crippen MR) is 81.9 cm³/mol. The molecule has 0 heterocycles. The molecular weight excluding hydrogens is 218 g/mol. The van der Waals surface area contributed by atoms with Crippen LogP contribution in [0.5, 0.6) is 0 Å². The third-order valence-corrected chi connectivity index (χ3v) is 4.81. The van der Waals surface area contributed by atoms with Crippen molar-refractivity contribution in [3.8, 4) is 0 Å². The van der Waals surface area contributed by atoms with Gasteiger partial charge in [0.1, 0.15) is 0 Å². The van der Waals surface area contributed by atoms with E-state index in [2.05, 4.69) is 33.0 Å². The highest BCUT2D eigenvalue weighted by Crippen LogP contribution is 2.35. The molecule has 1 aliphatic carbocycles. The Morgan fingerprint density at radius 3 is 2.50 bits per heavy atom. The fraction of sp³-hybridized carbons (Fsp3) is 1.00. The smallest absolute Gasteiger partial charge is 0.00956 e. The molecule has 1 saturated carbocycles. The van der Waals surface area contributed by atoms with Crippen LogP contribution in [0, 0.1) is 17.8 Å². The maximum atomic E-state index is 3.81. The average Bonchev–Trinajstić information content (AvgIpc) is 2.37. The number of hydrogen-bond donors (Lipinski definition) is 1. The van der Waals surface area contributed by atoms with Crippen molar-refractivity contribution in [2.45, 2.75) is 85.1 Å². The average molecular weight is 253 g/mol. The fourth-order valence-electron chi connectivity index (χ4n) is 3.72. The first-order valence-electron chi connectivity index (χ1n) is 8.44. The molecule has 1 fully saturated rings. The second-order valence-corrected chi connectivity index (χ2v) is 6.54. The zero-order valence-electron chi connectivity index (χ0n) is 13.2. The van der Waals surface area contributed by atoms with Crippen molar-refractivity contribution in [3.05, 3.63) is 0 Å². The SMILES string of the molecule is CCCNC1CCC(CC)CC1CC(C)CCC. The Morgan fingerprint density at radius 1 is 1.11 bits per heavy atom. The van der Waals surface area contributed by atoms with Gasteiger partial charge in [-0.2, -0.15) is 0 Å². The van der Waals surface area contributed by atoms with Crippen LogP contribution in [0.25, 0.3) is 0 Å². The van der Waals surface area contributed by atoms with Crippen LogP contribution in [-0.4, -0.2) is 12.6 Å². The van der Waals surface area contributed by atoms with Gasteiger partial charge in [-0.25, -0.2) is 0 Å². The van der Waals surface area contributed by atoms with Crippen LogP contribution in [0.15, 0.2) is 0 Å². The maximum Gasteiger partial charge on any atom is 0.00956 e. The molecule has 4 atom stereocenters. The van der Waals surface area contributed by atoms with Crippen LogP contribution in [0.4, 0.5) is 0 Å². The minimum absolute atomic E-state index is 0.812. The first kappa shape index (κ1) is 16.0. The van der Waals surface area contributed by atoms with E-state index in [-0.39, 0.29) is 0 Å². The summed E-state index contributed by atoms with van der Waals surface area (Å²) in [6, 6.07) is 0.812. The summed E-state index contributed by atoms with van der Waals surface area (Å²) in [6.07, 6.45) is 11.2. The third kappa shape index (κ3) is 5.30. The van der Waals surface area contributed by atoms with Gasteiger partial charge < -0.3 is 5.32 Å². The van der Waals surface area contributed by atoms with Crippen LogP contribution in [-0.2, 0) is 0 Å². The van der Waals surface area contributed by atoms with E-state index >= 15 is 0 Å². The maximum absolute atomic E-state index is 3.81. The molecule has 108 valence electrons. The highest BCUT2D eigenvalue weighted by atomic mass is 14.9. The van der Waals surface area contributed by atoms with Crippen molar-refractivity contribution in [2.75, 3.05) is 6.54 Å². The lowest BCUT2D eigenvalue weighted by Gasteiger charge is -2.38. The van der Waals surface area contributed by atoms with Gasteiger partial charge in [0.25, 0.3) is 0 Å². The zero-order valence-corrected chi connectivity index (χ0v) is 13.2. The van der Waals surface area contributed by atoms with Gasteiger partial charge in [-0.1, -0.05) is 47.0 Å². The molecule has 0 amide bonds. The van der Waals surface area contributed by atoms with E-state index in [0.717, 1.165) is 23.8 Å². The highest BCUT2D eigenvalue weighted by Gasteiger charge is 2.29. The summed E-state index contributed by atoms with van der Waals surface area (Å²) in [4.78, 5) is 0. The quantitative estimate of drug-likeness (QED) is 0.641. The molecule has 0 radical (unpaired) electrons. The van der Waals surface area contributed by atoms with Gasteiger partial charge in [0.2, 0.25) is 0 Å². The van der Waals surface area contributed by atoms with E-state index in [9.17, 15) is 0 Å². The van der Waals surface area contributed by atoms with E-state index in [4.69, 9.17) is 0 Å². The van der Waals surface area contributed by atoms with Crippen molar-refractivity contribution in [1.82, 2.24) is 5.32 Å². The number of rotatable bonds is 8. The normalized spacial score (nSPS) is 30.3. The Kier molecular flexibility index (Phi) is 7.97. The molecule has 4 unspecified atom stereocenters. The molecule has 1 aliphatic rings. The van der Waals surface area contributed by atoms with E-state index in [0.29, 0.717) is 0 Å². The molecule has 1 nitrogen and oxygen atoms in total. The lowest BCUT2D eigenvalue weighted by atomic mass is 9.73. The molecule has 0 saturated heterocycles. The largest absolute Gasteiger partial charge is 0.314 e. The Hall–Kier alpha value is -0.0400. The lowest BCUT2D eigenvalue weighted by Crippen LogP contribution is -2.41. The van der Waals surface area contributed by atoms with Gasteiger partial charge >= 0.3 is 0 Å².